The number of carbonyl (C=O) groups excluding carboxylic acids is 1. The van der Waals surface area contributed by atoms with Gasteiger partial charge in [-0.25, -0.2) is 0 Å². The highest BCUT2D eigenvalue weighted by atomic mass is 16.5. The number of amides is 1. The van der Waals surface area contributed by atoms with Crippen molar-refractivity contribution in [2.45, 2.75) is 43.9 Å². The summed E-state index contributed by atoms with van der Waals surface area (Å²) in [5.41, 5.74) is 1.86. The van der Waals surface area contributed by atoms with Gasteiger partial charge in [-0.05, 0) is 43.4 Å². The maximum atomic E-state index is 13.2. The monoisotopic (exact) mass is 394 g/mol. The smallest absolute Gasteiger partial charge is 0.246 e. The highest BCUT2D eigenvalue weighted by Gasteiger charge is 2.32. The molecule has 0 radical (unpaired) electrons. The number of rotatable bonds is 6. The average molecular weight is 395 g/mol. The van der Waals surface area contributed by atoms with Gasteiger partial charge in [-0.15, -0.1) is 0 Å². The van der Waals surface area contributed by atoms with E-state index in [0.29, 0.717) is 6.10 Å². The van der Waals surface area contributed by atoms with Gasteiger partial charge in [0.25, 0.3) is 0 Å². The molecule has 2 aliphatic rings. The summed E-state index contributed by atoms with van der Waals surface area (Å²) >= 11 is 0. The van der Waals surface area contributed by atoms with Crippen LogP contribution in [0.5, 0.6) is 0 Å². The number of carbonyl (C=O) groups is 1. The fourth-order valence-electron chi connectivity index (χ4n) is 4.25. The molecule has 2 saturated heterocycles. The fraction of sp³-hybridized carbons (Fsp3) is 0.458. The number of hydrogen-bond donors (Lipinski definition) is 1. The SMILES string of the molecule is O=C(Nc1ccccc1)C(c1ccccc1)N1CCC(OC2CCOCC2)CC1. The Morgan fingerprint density at radius 2 is 1.48 bits per heavy atom. The molecule has 0 saturated carbocycles. The fourth-order valence-corrected chi connectivity index (χ4v) is 4.25. The van der Waals surface area contributed by atoms with Crippen molar-refractivity contribution < 1.29 is 14.3 Å². The van der Waals surface area contributed by atoms with Crippen molar-refractivity contribution in [3.05, 3.63) is 66.2 Å². The van der Waals surface area contributed by atoms with Gasteiger partial charge < -0.3 is 14.8 Å². The van der Waals surface area contributed by atoms with Crippen LogP contribution in [0.3, 0.4) is 0 Å². The van der Waals surface area contributed by atoms with E-state index >= 15 is 0 Å². The summed E-state index contributed by atoms with van der Waals surface area (Å²) in [5.74, 6) is 0.0196. The second-order valence-corrected chi connectivity index (χ2v) is 7.85. The van der Waals surface area contributed by atoms with Crippen molar-refractivity contribution in [2.24, 2.45) is 0 Å². The van der Waals surface area contributed by atoms with Gasteiger partial charge in [0.15, 0.2) is 0 Å². The minimum atomic E-state index is -0.291. The van der Waals surface area contributed by atoms with Crippen molar-refractivity contribution in [1.82, 2.24) is 4.90 Å². The first-order valence-electron chi connectivity index (χ1n) is 10.7. The molecule has 2 fully saturated rings. The molecule has 0 aliphatic carbocycles. The summed E-state index contributed by atoms with van der Waals surface area (Å²) in [6.45, 7) is 3.32. The van der Waals surface area contributed by atoms with Gasteiger partial charge >= 0.3 is 0 Å². The summed E-state index contributed by atoms with van der Waals surface area (Å²) in [6.07, 6.45) is 4.51. The summed E-state index contributed by atoms with van der Waals surface area (Å²) in [6, 6.07) is 19.5. The molecule has 5 nitrogen and oxygen atoms in total. The van der Waals surface area contributed by atoms with E-state index in [1.807, 2.05) is 60.7 Å². The van der Waals surface area contributed by atoms with Crippen molar-refractivity contribution in [1.29, 1.82) is 0 Å². The third kappa shape index (κ3) is 5.44. The van der Waals surface area contributed by atoms with Crippen LogP contribution in [-0.2, 0) is 14.3 Å². The minimum Gasteiger partial charge on any atom is -0.381 e. The molecule has 2 aliphatic heterocycles. The zero-order chi connectivity index (χ0) is 19.9. The maximum absolute atomic E-state index is 13.2. The number of likely N-dealkylation sites (tertiary alicyclic amines) is 1. The Bertz CT molecular complexity index is 754. The van der Waals surface area contributed by atoms with Crippen LogP contribution in [0.4, 0.5) is 5.69 Å². The van der Waals surface area contributed by atoms with Crippen molar-refractivity contribution in [3.8, 4) is 0 Å². The van der Waals surface area contributed by atoms with Crippen LogP contribution >= 0.6 is 0 Å². The molecule has 1 atom stereocenters. The van der Waals surface area contributed by atoms with Crippen molar-refractivity contribution in [3.63, 3.8) is 0 Å². The molecule has 0 spiro atoms. The number of piperidine rings is 1. The summed E-state index contributed by atoms with van der Waals surface area (Å²) in [5, 5.41) is 3.09. The first kappa shape index (κ1) is 20.1. The molecular weight excluding hydrogens is 364 g/mol. The van der Waals surface area contributed by atoms with E-state index in [1.165, 1.54) is 0 Å². The zero-order valence-electron chi connectivity index (χ0n) is 16.8. The topological polar surface area (TPSA) is 50.8 Å². The Morgan fingerprint density at radius 3 is 2.14 bits per heavy atom. The predicted octanol–water partition coefficient (Wildman–Crippen LogP) is 4.03. The van der Waals surface area contributed by atoms with E-state index in [4.69, 9.17) is 9.47 Å². The lowest BCUT2D eigenvalue weighted by molar-refractivity contribution is -0.124. The lowest BCUT2D eigenvalue weighted by Crippen LogP contribution is -2.44. The maximum Gasteiger partial charge on any atom is 0.246 e. The van der Waals surface area contributed by atoms with Crippen LogP contribution in [0, 0.1) is 0 Å². The molecule has 1 N–H and O–H groups in total. The highest BCUT2D eigenvalue weighted by Crippen LogP contribution is 2.28. The summed E-state index contributed by atoms with van der Waals surface area (Å²) in [7, 11) is 0. The van der Waals surface area contributed by atoms with E-state index in [0.717, 1.165) is 63.2 Å². The molecule has 154 valence electrons. The molecule has 0 bridgehead atoms. The van der Waals surface area contributed by atoms with E-state index < -0.39 is 0 Å². The molecule has 2 aromatic rings. The Balaban J connectivity index is 1.41. The average Bonchev–Trinajstić information content (AvgIpc) is 2.77. The molecule has 0 aromatic heterocycles. The number of ether oxygens (including phenoxy) is 2. The molecule has 2 aromatic carbocycles. The van der Waals surface area contributed by atoms with Crippen LogP contribution in [-0.4, -0.2) is 49.3 Å². The van der Waals surface area contributed by atoms with Gasteiger partial charge in [-0.3, -0.25) is 9.69 Å². The highest BCUT2D eigenvalue weighted by molar-refractivity contribution is 5.95. The molecule has 2 heterocycles. The number of hydrogen-bond acceptors (Lipinski definition) is 4. The number of nitrogens with one attached hydrogen (secondary N) is 1. The number of benzene rings is 2. The van der Waals surface area contributed by atoms with E-state index in [-0.39, 0.29) is 18.1 Å². The van der Waals surface area contributed by atoms with Gasteiger partial charge in [0, 0.05) is 32.0 Å². The van der Waals surface area contributed by atoms with Crippen LogP contribution in [0.1, 0.15) is 37.3 Å². The Morgan fingerprint density at radius 1 is 0.897 bits per heavy atom. The lowest BCUT2D eigenvalue weighted by Gasteiger charge is -2.38. The van der Waals surface area contributed by atoms with Gasteiger partial charge in [0.2, 0.25) is 5.91 Å². The minimum absolute atomic E-state index is 0.0196. The zero-order valence-corrected chi connectivity index (χ0v) is 16.8. The molecule has 4 rings (SSSR count). The number of nitrogens with zero attached hydrogens (tertiary/aromatic N) is 1. The summed E-state index contributed by atoms with van der Waals surface area (Å²) in [4.78, 5) is 15.5. The van der Waals surface area contributed by atoms with E-state index in [2.05, 4.69) is 10.2 Å². The first-order chi connectivity index (χ1) is 14.3. The van der Waals surface area contributed by atoms with Crippen LogP contribution < -0.4 is 5.32 Å². The molecule has 1 amide bonds. The quantitative estimate of drug-likeness (QED) is 0.804. The second kappa shape index (κ2) is 10.0. The third-order valence-corrected chi connectivity index (χ3v) is 5.80. The molecule has 5 heteroatoms. The van der Waals surface area contributed by atoms with Gasteiger partial charge in [0.05, 0.1) is 12.2 Å². The third-order valence-electron chi connectivity index (χ3n) is 5.80. The normalized spacial score (nSPS) is 20.3. The van der Waals surface area contributed by atoms with Crippen LogP contribution in [0.2, 0.25) is 0 Å². The Kier molecular flexibility index (Phi) is 6.93. The molecule has 1 unspecified atom stereocenters. The second-order valence-electron chi connectivity index (χ2n) is 7.85. The van der Waals surface area contributed by atoms with Gasteiger partial charge in [-0.2, -0.15) is 0 Å². The molecule has 29 heavy (non-hydrogen) atoms. The van der Waals surface area contributed by atoms with E-state index in [9.17, 15) is 4.79 Å². The van der Waals surface area contributed by atoms with Gasteiger partial charge in [0.1, 0.15) is 6.04 Å². The Hall–Kier alpha value is -2.21. The first-order valence-corrected chi connectivity index (χ1v) is 10.7. The number of para-hydroxylation sites is 1. The Labute approximate surface area is 173 Å². The van der Waals surface area contributed by atoms with Crippen LogP contribution in [0.25, 0.3) is 0 Å². The van der Waals surface area contributed by atoms with Crippen LogP contribution in [0.15, 0.2) is 60.7 Å². The standard InChI is InChI=1S/C24H30N2O3/c27-24(25-20-9-5-2-6-10-20)23(19-7-3-1-4-8-19)26-15-11-21(12-16-26)29-22-13-17-28-18-14-22/h1-10,21-23H,11-18H2,(H,25,27). The predicted molar refractivity (Wildman–Crippen MR) is 114 cm³/mol. The van der Waals surface area contributed by atoms with Crippen molar-refractivity contribution in [2.75, 3.05) is 31.6 Å². The van der Waals surface area contributed by atoms with E-state index in [1.54, 1.807) is 0 Å². The van der Waals surface area contributed by atoms with Crippen molar-refractivity contribution >= 4 is 11.6 Å². The largest absolute Gasteiger partial charge is 0.381 e. The molecular formula is C24H30N2O3. The lowest BCUT2D eigenvalue weighted by atomic mass is 9.99. The number of anilines is 1. The summed E-state index contributed by atoms with van der Waals surface area (Å²) < 4.78 is 11.7. The van der Waals surface area contributed by atoms with Gasteiger partial charge in [-0.1, -0.05) is 48.5 Å².